The number of aromatic nitrogens is 2. The third-order valence-electron chi connectivity index (χ3n) is 3.13. The molecule has 7 heteroatoms. The Kier molecular flexibility index (Phi) is 3.01. The molecule has 1 aromatic rings. The van der Waals surface area contributed by atoms with Crippen molar-refractivity contribution in [2.45, 2.75) is 38.3 Å². The lowest BCUT2D eigenvalue weighted by molar-refractivity contribution is -0.390. The first-order chi connectivity index (χ1) is 7.99. The molecule has 2 unspecified atom stereocenters. The Morgan fingerprint density at radius 2 is 2.29 bits per heavy atom. The predicted molar refractivity (Wildman–Crippen MR) is 60.8 cm³/mol. The van der Waals surface area contributed by atoms with E-state index in [4.69, 9.17) is 10.5 Å². The molecule has 17 heavy (non-hydrogen) atoms. The highest BCUT2D eigenvalue weighted by Crippen LogP contribution is 2.30. The monoisotopic (exact) mass is 240 g/mol. The number of nitrogens with zero attached hydrogens (tertiary/aromatic N) is 3. The topological polar surface area (TPSA) is 96.2 Å². The average Bonchev–Trinajstić information content (AvgIpc) is 2.77. The average molecular weight is 240 g/mol. The number of imidazole rings is 1. The lowest BCUT2D eigenvalue weighted by Gasteiger charge is -2.12. The van der Waals surface area contributed by atoms with E-state index in [2.05, 4.69) is 4.98 Å². The molecule has 1 fully saturated rings. The summed E-state index contributed by atoms with van der Waals surface area (Å²) in [7, 11) is 1.71. The zero-order valence-corrected chi connectivity index (χ0v) is 9.92. The minimum absolute atomic E-state index is 0.0431. The van der Waals surface area contributed by atoms with Crippen molar-refractivity contribution in [2.75, 3.05) is 0 Å². The maximum Gasteiger partial charge on any atom is 0.426 e. The van der Waals surface area contributed by atoms with Crippen molar-refractivity contribution < 1.29 is 9.66 Å². The minimum Gasteiger partial charge on any atom is -0.469 e. The molecule has 0 radical (unpaired) electrons. The molecule has 1 aromatic heterocycles. The van der Waals surface area contributed by atoms with E-state index in [9.17, 15) is 10.1 Å². The fourth-order valence-corrected chi connectivity index (χ4v) is 2.06. The molecule has 1 aliphatic carbocycles. The number of nitrogens with two attached hydrogens (primary N) is 1. The van der Waals surface area contributed by atoms with Crippen LogP contribution in [0.25, 0.3) is 0 Å². The van der Waals surface area contributed by atoms with Crippen LogP contribution in [0.3, 0.4) is 0 Å². The summed E-state index contributed by atoms with van der Waals surface area (Å²) in [6.45, 7) is 1.71. The van der Waals surface area contributed by atoms with E-state index in [1.807, 2.05) is 0 Å². The van der Waals surface area contributed by atoms with Crippen molar-refractivity contribution in [1.82, 2.24) is 9.55 Å². The summed E-state index contributed by atoms with van der Waals surface area (Å²) in [5.74, 6) is 0.575. The van der Waals surface area contributed by atoms with Gasteiger partial charge in [-0.05, 0) is 29.2 Å². The molecule has 0 aromatic carbocycles. The molecule has 2 atom stereocenters. The van der Waals surface area contributed by atoms with Crippen LogP contribution in [0.2, 0.25) is 0 Å². The molecule has 0 saturated heterocycles. The van der Waals surface area contributed by atoms with E-state index < -0.39 is 4.92 Å². The Labute approximate surface area is 98.7 Å². The minimum atomic E-state index is -0.517. The normalized spacial score (nSPS) is 23.9. The molecule has 94 valence electrons. The van der Waals surface area contributed by atoms with E-state index >= 15 is 0 Å². The van der Waals surface area contributed by atoms with Crippen LogP contribution in [0.1, 0.15) is 25.1 Å². The number of ether oxygens (including phenoxy) is 1. The van der Waals surface area contributed by atoms with Crippen LogP contribution < -0.4 is 10.5 Å². The van der Waals surface area contributed by atoms with E-state index in [0.717, 1.165) is 19.3 Å². The SMILES string of the molecule is Cc1nc([N+](=O)[O-])c(OC2CCC(N)C2)n1C. The van der Waals surface area contributed by atoms with Crippen molar-refractivity contribution >= 4 is 5.82 Å². The highest BCUT2D eigenvalue weighted by molar-refractivity contribution is 5.36. The maximum absolute atomic E-state index is 10.9. The van der Waals surface area contributed by atoms with Crippen LogP contribution in [0, 0.1) is 17.0 Å². The van der Waals surface area contributed by atoms with Gasteiger partial charge in [-0.3, -0.25) is 4.57 Å². The predicted octanol–water partition coefficient (Wildman–Crippen LogP) is 0.895. The molecule has 7 nitrogen and oxygen atoms in total. The van der Waals surface area contributed by atoms with Gasteiger partial charge in [0.25, 0.3) is 5.88 Å². The van der Waals surface area contributed by atoms with Crippen LogP contribution in [-0.4, -0.2) is 26.6 Å². The van der Waals surface area contributed by atoms with E-state index in [0.29, 0.717) is 5.82 Å². The molecule has 0 aliphatic heterocycles. The van der Waals surface area contributed by atoms with E-state index in [1.165, 1.54) is 0 Å². The van der Waals surface area contributed by atoms with Crippen LogP contribution >= 0.6 is 0 Å². The third kappa shape index (κ3) is 2.23. The molecular weight excluding hydrogens is 224 g/mol. The van der Waals surface area contributed by atoms with Crippen molar-refractivity contribution in [2.24, 2.45) is 12.8 Å². The van der Waals surface area contributed by atoms with Crippen LogP contribution in [0.15, 0.2) is 0 Å². The molecule has 1 saturated carbocycles. The second-order valence-corrected chi connectivity index (χ2v) is 4.42. The van der Waals surface area contributed by atoms with Crippen LogP contribution in [-0.2, 0) is 7.05 Å². The molecule has 1 heterocycles. The lowest BCUT2D eigenvalue weighted by atomic mass is 10.3. The first kappa shape index (κ1) is 11.8. The van der Waals surface area contributed by atoms with Crippen LogP contribution in [0.4, 0.5) is 5.82 Å². The fourth-order valence-electron chi connectivity index (χ4n) is 2.06. The lowest BCUT2D eigenvalue weighted by Crippen LogP contribution is -2.20. The third-order valence-corrected chi connectivity index (χ3v) is 3.13. The highest BCUT2D eigenvalue weighted by atomic mass is 16.6. The first-order valence-corrected chi connectivity index (χ1v) is 5.59. The van der Waals surface area contributed by atoms with Gasteiger partial charge in [0.05, 0.1) is 0 Å². The van der Waals surface area contributed by atoms with Crippen molar-refractivity contribution in [1.29, 1.82) is 0 Å². The smallest absolute Gasteiger partial charge is 0.426 e. The quantitative estimate of drug-likeness (QED) is 0.625. The fraction of sp³-hybridized carbons (Fsp3) is 0.700. The standard InChI is InChI=1S/C10H16N4O3/c1-6-12-9(14(15)16)10(13(6)2)17-8-4-3-7(11)5-8/h7-8H,3-5,11H2,1-2H3. The number of hydrogen-bond donors (Lipinski definition) is 1. The largest absolute Gasteiger partial charge is 0.469 e. The number of nitro groups is 1. The van der Waals surface area contributed by atoms with Gasteiger partial charge >= 0.3 is 5.82 Å². The maximum atomic E-state index is 10.9. The van der Waals surface area contributed by atoms with Gasteiger partial charge in [0.15, 0.2) is 0 Å². The number of aryl methyl sites for hydroxylation is 1. The number of hydrogen-bond acceptors (Lipinski definition) is 5. The summed E-state index contributed by atoms with van der Waals surface area (Å²) in [4.78, 5) is 14.2. The van der Waals surface area contributed by atoms with Gasteiger partial charge in [-0.2, -0.15) is 0 Å². The Balaban J connectivity index is 2.22. The van der Waals surface area contributed by atoms with Gasteiger partial charge < -0.3 is 20.6 Å². The Hall–Kier alpha value is -1.63. The summed E-state index contributed by atoms with van der Waals surface area (Å²) in [6, 6.07) is 0.133. The molecule has 2 rings (SSSR count). The van der Waals surface area contributed by atoms with Gasteiger partial charge in [0.2, 0.25) is 5.82 Å². The second kappa shape index (κ2) is 4.33. The summed E-state index contributed by atoms with van der Waals surface area (Å²) < 4.78 is 7.27. The zero-order chi connectivity index (χ0) is 12.6. The first-order valence-electron chi connectivity index (χ1n) is 5.59. The summed E-state index contributed by atoms with van der Waals surface area (Å²) in [5, 5.41) is 10.9. The van der Waals surface area contributed by atoms with Gasteiger partial charge in [-0.25, -0.2) is 0 Å². The summed E-state index contributed by atoms with van der Waals surface area (Å²) >= 11 is 0. The van der Waals surface area contributed by atoms with Gasteiger partial charge in [0, 0.05) is 20.0 Å². The molecular formula is C10H16N4O3. The van der Waals surface area contributed by atoms with Gasteiger partial charge in [0.1, 0.15) is 6.10 Å². The molecule has 1 aliphatic rings. The van der Waals surface area contributed by atoms with Crippen LogP contribution in [0.5, 0.6) is 5.88 Å². The van der Waals surface area contributed by atoms with Gasteiger partial charge in [-0.1, -0.05) is 0 Å². The van der Waals surface area contributed by atoms with E-state index in [1.54, 1.807) is 18.5 Å². The molecule has 0 amide bonds. The Morgan fingerprint density at radius 3 is 2.82 bits per heavy atom. The van der Waals surface area contributed by atoms with Gasteiger partial charge in [-0.15, -0.1) is 0 Å². The van der Waals surface area contributed by atoms with Crippen molar-refractivity contribution in [3.05, 3.63) is 15.9 Å². The highest BCUT2D eigenvalue weighted by Gasteiger charge is 2.30. The molecule has 0 bridgehead atoms. The zero-order valence-electron chi connectivity index (χ0n) is 9.92. The van der Waals surface area contributed by atoms with E-state index in [-0.39, 0.29) is 23.8 Å². The van der Waals surface area contributed by atoms with Crippen molar-refractivity contribution in [3.63, 3.8) is 0 Å². The van der Waals surface area contributed by atoms with Crippen molar-refractivity contribution in [3.8, 4) is 5.88 Å². The second-order valence-electron chi connectivity index (χ2n) is 4.42. The molecule has 0 spiro atoms. The molecule has 2 N–H and O–H groups in total. The number of rotatable bonds is 3. The Morgan fingerprint density at radius 1 is 1.59 bits per heavy atom. The Bertz CT molecular complexity index is 443. The summed E-state index contributed by atoms with van der Waals surface area (Å²) in [6.07, 6.45) is 2.43. The summed E-state index contributed by atoms with van der Waals surface area (Å²) in [5.41, 5.74) is 5.78.